The summed E-state index contributed by atoms with van der Waals surface area (Å²) in [5, 5.41) is 28.9. The smallest absolute Gasteiger partial charge is 0.272 e. The molecular formula is C9H13N3O5. The van der Waals surface area contributed by atoms with Gasteiger partial charge >= 0.3 is 0 Å². The molecule has 4 atom stereocenters. The lowest BCUT2D eigenvalue weighted by Gasteiger charge is -2.16. The highest BCUT2D eigenvalue weighted by molar-refractivity contribution is 5.92. The van der Waals surface area contributed by atoms with Crippen molar-refractivity contribution >= 4 is 5.91 Å². The van der Waals surface area contributed by atoms with Crippen LogP contribution in [0.3, 0.4) is 0 Å². The van der Waals surface area contributed by atoms with Crippen LogP contribution in [0.25, 0.3) is 0 Å². The summed E-state index contributed by atoms with van der Waals surface area (Å²) in [5.41, 5.74) is 4.68. The summed E-state index contributed by atoms with van der Waals surface area (Å²) >= 11 is 0. The Bertz CT molecular complexity index is 446. The minimum atomic E-state index is -1.22. The van der Waals surface area contributed by atoms with Gasteiger partial charge in [-0.1, -0.05) is 0 Å². The Kier molecular flexibility index (Phi) is 2.77. The average molecular weight is 243 g/mol. The normalized spacial score (nSPS) is 32.9. The molecule has 1 aromatic heterocycles. The number of primary amides is 1. The minimum absolute atomic E-state index is 0.310. The molecular weight excluding hydrogens is 230 g/mol. The van der Waals surface area contributed by atoms with Crippen molar-refractivity contribution in [2.45, 2.75) is 31.5 Å². The van der Waals surface area contributed by atoms with Crippen LogP contribution >= 0.6 is 0 Å². The van der Waals surface area contributed by atoms with E-state index in [1.165, 1.54) is 0 Å². The molecule has 0 bridgehead atoms. The van der Waals surface area contributed by atoms with E-state index in [9.17, 15) is 20.1 Å². The number of aliphatic hydroxyl groups is 2. The number of imidazole rings is 1. The van der Waals surface area contributed by atoms with E-state index in [1.807, 2.05) is 0 Å². The molecule has 1 aromatic rings. The fourth-order valence-corrected chi connectivity index (χ4v) is 1.77. The molecule has 94 valence electrons. The molecule has 5 N–H and O–H groups in total. The van der Waals surface area contributed by atoms with E-state index < -0.39 is 36.3 Å². The monoisotopic (exact) mass is 243 g/mol. The van der Waals surface area contributed by atoms with Crippen LogP contribution in [-0.2, 0) is 4.74 Å². The second-order valence-corrected chi connectivity index (χ2v) is 3.90. The van der Waals surface area contributed by atoms with E-state index >= 15 is 0 Å². The van der Waals surface area contributed by atoms with Crippen LogP contribution in [0.2, 0.25) is 0 Å². The van der Waals surface area contributed by atoms with Crippen molar-refractivity contribution in [2.75, 3.05) is 0 Å². The molecule has 0 saturated carbocycles. The molecule has 0 aromatic carbocycles. The number of hydrogen-bond acceptors (Lipinski definition) is 6. The SMILES string of the molecule is C[C@H]1O[C@@H](n2cnc(C(N)=O)c2O)[C@H](O)[C@@H]1O. The van der Waals surface area contributed by atoms with E-state index in [0.717, 1.165) is 10.9 Å². The van der Waals surface area contributed by atoms with Crippen LogP contribution in [0.15, 0.2) is 6.33 Å². The molecule has 2 rings (SSSR count). The highest BCUT2D eigenvalue weighted by Crippen LogP contribution is 2.32. The van der Waals surface area contributed by atoms with Gasteiger partial charge < -0.3 is 25.8 Å². The average Bonchev–Trinajstić information content (AvgIpc) is 2.75. The van der Waals surface area contributed by atoms with Crippen molar-refractivity contribution in [3.63, 3.8) is 0 Å². The van der Waals surface area contributed by atoms with E-state index in [4.69, 9.17) is 10.5 Å². The fraction of sp³-hybridized carbons (Fsp3) is 0.556. The zero-order valence-electron chi connectivity index (χ0n) is 9.02. The first-order valence-corrected chi connectivity index (χ1v) is 5.00. The quantitative estimate of drug-likeness (QED) is 0.491. The predicted octanol–water partition coefficient (Wildman–Crippen LogP) is -1.67. The summed E-state index contributed by atoms with van der Waals surface area (Å²) in [5.74, 6) is -1.38. The third-order valence-electron chi connectivity index (χ3n) is 2.75. The summed E-state index contributed by atoms with van der Waals surface area (Å²) in [7, 11) is 0. The molecule has 8 nitrogen and oxygen atoms in total. The molecule has 0 spiro atoms. The van der Waals surface area contributed by atoms with Gasteiger partial charge in [0.25, 0.3) is 5.91 Å². The molecule has 1 fully saturated rings. The number of rotatable bonds is 2. The first-order chi connectivity index (χ1) is 7.93. The van der Waals surface area contributed by atoms with Gasteiger partial charge in [0, 0.05) is 0 Å². The zero-order valence-corrected chi connectivity index (χ0v) is 9.02. The summed E-state index contributed by atoms with van der Waals surface area (Å²) in [6.07, 6.45) is -2.76. The summed E-state index contributed by atoms with van der Waals surface area (Å²) in [6.45, 7) is 1.58. The number of aliphatic hydroxyl groups excluding tert-OH is 2. The van der Waals surface area contributed by atoms with Crippen molar-refractivity contribution in [1.82, 2.24) is 9.55 Å². The van der Waals surface area contributed by atoms with Gasteiger partial charge in [-0.3, -0.25) is 9.36 Å². The molecule has 0 unspecified atom stereocenters. The van der Waals surface area contributed by atoms with Gasteiger partial charge in [-0.15, -0.1) is 0 Å². The van der Waals surface area contributed by atoms with E-state index in [2.05, 4.69) is 4.98 Å². The van der Waals surface area contributed by atoms with Gasteiger partial charge in [-0.25, -0.2) is 4.98 Å². The number of aromatic nitrogens is 2. The Labute approximate surface area is 96.3 Å². The number of nitrogens with zero attached hydrogens (tertiary/aromatic N) is 2. The van der Waals surface area contributed by atoms with Crippen molar-refractivity contribution in [3.8, 4) is 5.88 Å². The van der Waals surface area contributed by atoms with Gasteiger partial charge in [-0.2, -0.15) is 0 Å². The third kappa shape index (κ3) is 1.75. The van der Waals surface area contributed by atoms with E-state index in [0.29, 0.717) is 0 Å². The number of carbonyl (C=O) groups is 1. The van der Waals surface area contributed by atoms with Crippen LogP contribution in [0.5, 0.6) is 5.88 Å². The molecule has 8 heteroatoms. The first-order valence-electron chi connectivity index (χ1n) is 5.00. The molecule has 17 heavy (non-hydrogen) atoms. The van der Waals surface area contributed by atoms with Crippen LogP contribution < -0.4 is 5.73 Å². The Morgan fingerprint density at radius 1 is 1.53 bits per heavy atom. The number of aromatic hydroxyl groups is 1. The number of carbonyl (C=O) groups excluding carboxylic acids is 1. The number of nitrogens with two attached hydrogens (primary N) is 1. The van der Waals surface area contributed by atoms with Crippen LogP contribution in [0.1, 0.15) is 23.6 Å². The Hall–Kier alpha value is -1.64. The standard InChI is InChI=1S/C9H13N3O5/c1-3-5(13)6(14)9(17-3)12-2-11-4(7(10)15)8(12)16/h2-3,5-6,9,13-14,16H,1H3,(H2,10,15)/t3-,5-,6-,9-/m1/s1. The molecule has 1 aliphatic rings. The van der Waals surface area contributed by atoms with Crippen LogP contribution in [-0.4, -0.2) is 49.1 Å². The van der Waals surface area contributed by atoms with E-state index in [-0.39, 0.29) is 5.69 Å². The van der Waals surface area contributed by atoms with Gasteiger partial charge in [0.2, 0.25) is 5.88 Å². The van der Waals surface area contributed by atoms with Gasteiger partial charge in [0.05, 0.1) is 6.10 Å². The van der Waals surface area contributed by atoms with Gasteiger partial charge in [0.15, 0.2) is 11.9 Å². The van der Waals surface area contributed by atoms with Crippen molar-refractivity contribution < 1.29 is 24.9 Å². The second kappa shape index (κ2) is 3.99. The molecule has 0 aliphatic carbocycles. The molecule has 1 aliphatic heterocycles. The number of hydrogen-bond donors (Lipinski definition) is 4. The highest BCUT2D eigenvalue weighted by Gasteiger charge is 2.42. The lowest BCUT2D eigenvalue weighted by Crippen LogP contribution is -2.30. The van der Waals surface area contributed by atoms with E-state index in [1.54, 1.807) is 6.92 Å². The maximum Gasteiger partial charge on any atom is 0.272 e. The van der Waals surface area contributed by atoms with Crippen molar-refractivity contribution in [1.29, 1.82) is 0 Å². The lowest BCUT2D eigenvalue weighted by molar-refractivity contribution is -0.0356. The minimum Gasteiger partial charge on any atom is -0.493 e. The maximum absolute atomic E-state index is 10.9. The molecule has 1 amide bonds. The zero-order chi connectivity index (χ0) is 12.7. The van der Waals surface area contributed by atoms with Gasteiger partial charge in [-0.05, 0) is 6.92 Å². The van der Waals surface area contributed by atoms with Crippen LogP contribution in [0, 0.1) is 0 Å². The molecule has 1 saturated heterocycles. The topological polar surface area (TPSA) is 131 Å². The molecule has 2 heterocycles. The largest absolute Gasteiger partial charge is 0.493 e. The summed E-state index contributed by atoms with van der Waals surface area (Å²) in [4.78, 5) is 14.5. The van der Waals surface area contributed by atoms with Crippen molar-refractivity contribution in [2.24, 2.45) is 5.73 Å². The maximum atomic E-state index is 10.9. The highest BCUT2D eigenvalue weighted by atomic mass is 16.6. The Morgan fingerprint density at radius 3 is 2.59 bits per heavy atom. The predicted molar refractivity (Wildman–Crippen MR) is 54.0 cm³/mol. The first kappa shape index (κ1) is 11.8. The Morgan fingerprint density at radius 2 is 2.18 bits per heavy atom. The van der Waals surface area contributed by atoms with Crippen LogP contribution in [0.4, 0.5) is 0 Å². The summed E-state index contributed by atoms with van der Waals surface area (Å²) < 4.78 is 6.31. The lowest BCUT2D eigenvalue weighted by atomic mass is 10.1. The third-order valence-corrected chi connectivity index (χ3v) is 2.75. The molecule has 0 radical (unpaired) electrons. The summed E-state index contributed by atoms with van der Waals surface area (Å²) in [6, 6.07) is 0. The number of ether oxygens (including phenoxy) is 1. The fourth-order valence-electron chi connectivity index (χ4n) is 1.77. The number of amides is 1. The van der Waals surface area contributed by atoms with Gasteiger partial charge in [0.1, 0.15) is 18.5 Å². The Balaban J connectivity index is 2.33. The second-order valence-electron chi connectivity index (χ2n) is 3.90. The van der Waals surface area contributed by atoms with Crippen molar-refractivity contribution in [3.05, 3.63) is 12.0 Å².